The highest BCUT2D eigenvalue weighted by molar-refractivity contribution is 5.69. The summed E-state index contributed by atoms with van der Waals surface area (Å²) in [6.07, 6.45) is 70.6. The summed E-state index contributed by atoms with van der Waals surface area (Å²) in [5.41, 5.74) is 0. The van der Waals surface area contributed by atoms with Gasteiger partial charge in [0.25, 0.3) is 0 Å². The summed E-state index contributed by atoms with van der Waals surface area (Å²) in [6, 6.07) is 0. The Bertz CT molecular complexity index is 1060. The SMILES string of the molecule is CC/C=C\C/C=C\C/C=C\C/C=C\C/C=C\C/C=C\CCCCC(=O)OC(CO)COCCCCCCCCCCCCCC/C=C\C/C=C\CCCCCCC. The predicted octanol–water partition coefficient (Wildman–Crippen LogP) is 16.1. The van der Waals surface area contributed by atoms with Crippen LogP contribution in [0, 0.1) is 0 Å². The number of carbonyl (C=O) groups is 1. The lowest BCUT2D eigenvalue weighted by molar-refractivity contribution is -0.154. The van der Waals surface area contributed by atoms with Crippen LogP contribution in [0.5, 0.6) is 0 Å². The van der Waals surface area contributed by atoms with Crippen molar-refractivity contribution in [3.8, 4) is 0 Å². The average molecular weight is 791 g/mol. The van der Waals surface area contributed by atoms with Gasteiger partial charge in [-0.25, -0.2) is 0 Å². The van der Waals surface area contributed by atoms with E-state index in [9.17, 15) is 9.90 Å². The molecule has 0 saturated heterocycles. The number of esters is 1. The van der Waals surface area contributed by atoms with Crippen molar-refractivity contribution >= 4 is 5.97 Å². The monoisotopic (exact) mass is 791 g/mol. The summed E-state index contributed by atoms with van der Waals surface area (Å²) in [5.74, 6) is -0.245. The van der Waals surface area contributed by atoms with Crippen molar-refractivity contribution in [3.63, 3.8) is 0 Å². The van der Waals surface area contributed by atoms with E-state index in [1.54, 1.807) is 0 Å². The molecule has 0 amide bonds. The van der Waals surface area contributed by atoms with Crippen LogP contribution in [-0.4, -0.2) is 37.0 Å². The molecular weight excluding hydrogens is 701 g/mol. The minimum absolute atomic E-state index is 0.195. The topological polar surface area (TPSA) is 55.8 Å². The quantitative estimate of drug-likeness (QED) is 0.0380. The number of ether oxygens (including phenoxy) is 2. The number of rotatable bonds is 43. The van der Waals surface area contributed by atoms with Gasteiger partial charge in [0, 0.05) is 13.0 Å². The smallest absolute Gasteiger partial charge is 0.306 e. The van der Waals surface area contributed by atoms with Gasteiger partial charge in [-0.05, 0) is 96.3 Å². The molecule has 0 bridgehead atoms. The van der Waals surface area contributed by atoms with Crippen LogP contribution in [0.3, 0.4) is 0 Å². The Kier molecular flexibility index (Phi) is 47.1. The maximum Gasteiger partial charge on any atom is 0.306 e. The normalized spacial score (nSPS) is 13.2. The fraction of sp³-hybridized carbons (Fsp3) is 0.679. The van der Waals surface area contributed by atoms with E-state index in [2.05, 4.69) is 111 Å². The van der Waals surface area contributed by atoms with Crippen LogP contribution >= 0.6 is 0 Å². The van der Waals surface area contributed by atoms with E-state index < -0.39 is 6.10 Å². The first-order valence-corrected chi connectivity index (χ1v) is 23.8. The van der Waals surface area contributed by atoms with Crippen molar-refractivity contribution in [2.24, 2.45) is 0 Å². The summed E-state index contributed by atoms with van der Waals surface area (Å²) in [5, 5.41) is 9.63. The lowest BCUT2D eigenvalue weighted by atomic mass is 10.0. The molecule has 0 rings (SSSR count). The molecular formula is C53H90O4. The van der Waals surface area contributed by atoms with Crippen molar-refractivity contribution in [2.75, 3.05) is 19.8 Å². The van der Waals surface area contributed by atoms with Gasteiger partial charge >= 0.3 is 5.97 Å². The molecule has 0 saturated carbocycles. The third-order valence-corrected chi connectivity index (χ3v) is 9.89. The van der Waals surface area contributed by atoms with Gasteiger partial charge in [0.1, 0.15) is 6.10 Å². The Morgan fingerprint density at radius 3 is 1.19 bits per heavy atom. The second-order valence-electron chi connectivity index (χ2n) is 15.4. The number of aliphatic hydroxyl groups excluding tert-OH is 1. The van der Waals surface area contributed by atoms with E-state index >= 15 is 0 Å². The molecule has 0 radical (unpaired) electrons. The van der Waals surface area contributed by atoms with Gasteiger partial charge in [-0.1, -0.05) is 201 Å². The van der Waals surface area contributed by atoms with Gasteiger partial charge in [0.2, 0.25) is 0 Å². The van der Waals surface area contributed by atoms with E-state index in [1.165, 1.54) is 116 Å². The highest BCUT2D eigenvalue weighted by Gasteiger charge is 2.13. The molecule has 1 unspecified atom stereocenters. The van der Waals surface area contributed by atoms with Crippen LogP contribution in [-0.2, 0) is 14.3 Å². The van der Waals surface area contributed by atoms with E-state index in [4.69, 9.17) is 9.47 Å². The fourth-order valence-electron chi connectivity index (χ4n) is 6.36. The van der Waals surface area contributed by atoms with Crippen molar-refractivity contribution in [3.05, 3.63) is 97.2 Å². The highest BCUT2D eigenvalue weighted by atomic mass is 16.6. The molecule has 0 spiro atoms. The molecule has 326 valence electrons. The summed E-state index contributed by atoms with van der Waals surface area (Å²) >= 11 is 0. The standard InChI is InChI=1S/C53H90O4/c1-3-5-7-9-11-13-15-17-19-21-23-25-26-27-29-31-33-35-37-39-41-43-45-47-49-56-51-52(50-54)57-53(55)48-46-44-42-40-38-36-34-32-30-28-24-22-20-18-16-14-12-10-8-6-4-2/h6,8,12,14-15,17-18,20-21,23-24,28,32,34,38,40,52,54H,3-5,7,9-11,13,16,19,22,25-27,29-31,33,35-37,39,41-51H2,1-2H3/b8-6-,14-12-,17-15-,20-18-,23-21-,28-24-,34-32-,40-38-. The summed E-state index contributed by atoms with van der Waals surface area (Å²) < 4.78 is 11.2. The number of hydrogen-bond acceptors (Lipinski definition) is 4. The Hall–Kier alpha value is -2.69. The van der Waals surface area contributed by atoms with E-state index in [0.717, 1.165) is 70.6 Å². The van der Waals surface area contributed by atoms with Crippen molar-refractivity contribution in [1.82, 2.24) is 0 Å². The number of allylic oxidation sites excluding steroid dienone is 16. The molecule has 57 heavy (non-hydrogen) atoms. The van der Waals surface area contributed by atoms with Crippen LogP contribution in [0.1, 0.15) is 206 Å². The molecule has 0 heterocycles. The van der Waals surface area contributed by atoms with Crippen molar-refractivity contribution < 1.29 is 19.4 Å². The van der Waals surface area contributed by atoms with E-state index in [1.807, 2.05) is 0 Å². The van der Waals surface area contributed by atoms with E-state index in [-0.39, 0.29) is 19.2 Å². The Balaban J connectivity index is 3.52. The van der Waals surface area contributed by atoms with Crippen LogP contribution in [0.4, 0.5) is 0 Å². The lowest BCUT2D eigenvalue weighted by Gasteiger charge is -2.15. The Morgan fingerprint density at radius 1 is 0.439 bits per heavy atom. The van der Waals surface area contributed by atoms with Gasteiger partial charge < -0.3 is 14.6 Å². The third kappa shape index (κ3) is 47.6. The summed E-state index contributed by atoms with van der Waals surface area (Å²) in [6.45, 7) is 5.17. The number of carbonyl (C=O) groups excluding carboxylic acids is 1. The third-order valence-electron chi connectivity index (χ3n) is 9.89. The van der Waals surface area contributed by atoms with Gasteiger partial charge in [0.05, 0.1) is 13.2 Å². The van der Waals surface area contributed by atoms with Crippen LogP contribution in [0.25, 0.3) is 0 Å². The predicted molar refractivity (Wildman–Crippen MR) is 251 cm³/mol. The average Bonchev–Trinajstić information content (AvgIpc) is 3.22. The number of unbranched alkanes of at least 4 members (excludes halogenated alkanes) is 19. The molecule has 0 aromatic rings. The molecule has 4 nitrogen and oxygen atoms in total. The summed E-state index contributed by atoms with van der Waals surface area (Å²) in [7, 11) is 0. The molecule has 1 atom stereocenters. The zero-order chi connectivity index (χ0) is 41.2. The van der Waals surface area contributed by atoms with Gasteiger partial charge in [-0.2, -0.15) is 0 Å². The molecule has 0 aromatic heterocycles. The molecule has 0 aliphatic heterocycles. The Morgan fingerprint density at radius 2 is 0.789 bits per heavy atom. The minimum Gasteiger partial charge on any atom is -0.457 e. The Labute approximate surface area is 353 Å². The maximum atomic E-state index is 12.2. The van der Waals surface area contributed by atoms with Crippen LogP contribution in [0.15, 0.2) is 97.2 Å². The molecule has 0 aliphatic rings. The highest BCUT2D eigenvalue weighted by Crippen LogP contribution is 2.13. The lowest BCUT2D eigenvalue weighted by Crippen LogP contribution is -2.27. The van der Waals surface area contributed by atoms with Gasteiger partial charge in [0.15, 0.2) is 0 Å². The van der Waals surface area contributed by atoms with Gasteiger partial charge in [-0.3, -0.25) is 4.79 Å². The molecule has 0 fully saturated rings. The second kappa shape index (κ2) is 49.5. The number of hydrogen-bond donors (Lipinski definition) is 1. The molecule has 0 aromatic carbocycles. The zero-order valence-electron chi connectivity index (χ0n) is 37.3. The first-order chi connectivity index (χ1) is 28.2. The second-order valence-corrected chi connectivity index (χ2v) is 15.4. The summed E-state index contributed by atoms with van der Waals surface area (Å²) in [4.78, 5) is 12.2. The van der Waals surface area contributed by atoms with E-state index in [0.29, 0.717) is 13.0 Å². The largest absolute Gasteiger partial charge is 0.457 e. The minimum atomic E-state index is -0.565. The molecule has 0 aliphatic carbocycles. The van der Waals surface area contributed by atoms with Crippen LogP contribution < -0.4 is 0 Å². The number of aliphatic hydroxyl groups is 1. The van der Waals surface area contributed by atoms with Crippen molar-refractivity contribution in [1.29, 1.82) is 0 Å². The molecule has 1 N–H and O–H groups in total. The first-order valence-electron chi connectivity index (χ1n) is 23.8. The fourth-order valence-corrected chi connectivity index (χ4v) is 6.36. The first kappa shape index (κ1) is 54.3. The van der Waals surface area contributed by atoms with Gasteiger partial charge in [-0.15, -0.1) is 0 Å². The zero-order valence-corrected chi connectivity index (χ0v) is 37.3. The molecule has 4 heteroatoms. The maximum absolute atomic E-state index is 12.2. The van der Waals surface area contributed by atoms with Crippen LogP contribution in [0.2, 0.25) is 0 Å². The van der Waals surface area contributed by atoms with Crippen molar-refractivity contribution in [2.45, 2.75) is 213 Å².